The average molecular weight is 245 g/mol. The lowest BCUT2D eigenvalue weighted by molar-refractivity contribution is 0.408. The van der Waals surface area contributed by atoms with Gasteiger partial charge >= 0.3 is 0 Å². The summed E-state index contributed by atoms with van der Waals surface area (Å²) in [5, 5.41) is 9.58. The third-order valence-corrected chi connectivity index (χ3v) is 2.94. The molecule has 18 heavy (non-hydrogen) atoms. The second kappa shape index (κ2) is 7.93. The first-order chi connectivity index (χ1) is 8.31. The summed E-state index contributed by atoms with van der Waals surface area (Å²) in [5.74, 6) is 0. The normalized spacial score (nSPS) is 10.3. The van der Waals surface area contributed by atoms with Crippen molar-refractivity contribution in [3.05, 3.63) is 34.9 Å². The van der Waals surface area contributed by atoms with Crippen LogP contribution < -0.4 is 0 Å². The van der Waals surface area contributed by atoms with E-state index in [9.17, 15) is 5.26 Å². The highest BCUT2D eigenvalue weighted by molar-refractivity contribution is 5.14. The van der Waals surface area contributed by atoms with Gasteiger partial charge in [0.1, 0.15) is 0 Å². The van der Waals surface area contributed by atoms with E-state index in [1.165, 1.54) is 16.7 Å². The van der Waals surface area contributed by atoms with Gasteiger partial charge in [-0.25, -0.2) is 0 Å². The molecule has 0 aromatic rings. The van der Waals surface area contributed by atoms with Crippen LogP contribution in [0.1, 0.15) is 60.8 Å². The summed E-state index contributed by atoms with van der Waals surface area (Å²) in [6.45, 7) is 12.5. The minimum absolute atomic E-state index is 0.286. The Bertz CT molecular complexity index is 326. The van der Waals surface area contributed by atoms with Crippen molar-refractivity contribution in [3.63, 3.8) is 0 Å². The van der Waals surface area contributed by atoms with E-state index in [1.54, 1.807) is 0 Å². The third-order valence-electron chi connectivity index (χ3n) is 2.94. The largest absolute Gasteiger partial charge is 0.198 e. The number of nitriles is 1. The molecule has 100 valence electrons. The highest BCUT2D eigenvalue weighted by Gasteiger charge is 2.26. The van der Waals surface area contributed by atoms with Crippen LogP contribution in [0.15, 0.2) is 34.9 Å². The zero-order valence-corrected chi connectivity index (χ0v) is 12.8. The quantitative estimate of drug-likeness (QED) is 0.561. The van der Waals surface area contributed by atoms with E-state index in [1.807, 2.05) is 0 Å². The van der Waals surface area contributed by atoms with Gasteiger partial charge in [-0.2, -0.15) is 5.26 Å². The molecule has 0 saturated heterocycles. The van der Waals surface area contributed by atoms with Crippen molar-refractivity contribution in [2.24, 2.45) is 5.41 Å². The van der Waals surface area contributed by atoms with Gasteiger partial charge < -0.3 is 0 Å². The number of allylic oxidation sites excluding steroid dienone is 6. The lowest BCUT2D eigenvalue weighted by atomic mass is 9.78. The molecule has 0 aromatic carbocycles. The summed E-state index contributed by atoms with van der Waals surface area (Å²) in [6, 6.07) is 2.55. The Labute approximate surface area is 113 Å². The van der Waals surface area contributed by atoms with E-state index in [0.717, 1.165) is 19.3 Å². The topological polar surface area (TPSA) is 23.8 Å². The van der Waals surface area contributed by atoms with Gasteiger partial charge in [-0.15, -0.1) is 0 Å². The Morgan fingerprint density at radius 3 is 1.22 bits per heavy atom. The van der Waals surface area contributed by atoms with Crippen molar-refractivity contribution < 1.29 is 0 Å². The molecule has 0 fully saturated rings. The molecular formula is C17H27N. The van der Waals surface area contributed by atoms with Gasteiger partial charge in [0.05, 0.1) is 11.5 Å². The van der Waals surface area contributed by atoms with E-state index in [2.05, 4.69) is 65.8 Å². The molecule has 0 aliphatic rings. The van der Waals surface area contributed by atoms with Gasteiger partial charge in [-0.1, -0.05) is 34.9 Å². The molecule has 0 aliphatic heterocycles. The molecule has 0 N–H and O–H groups in total. The Morgan fingerprint density at radius 2 is 1.06 bits per heavy atom. The van der Waals surface area contributed by atoms with Crippen molar-refractivity contribution in [2.45, 2.75) is 60.8 Å². The Hall–Kier alpha value is -1.29. The van der Waals surface area contributed by atoms with Crippen molar-refractivity contribution >= 4 is 0 Å². The van der Waals surface area contributed by atoms with Gasteiger partial charge in [0.2, 0.25) is 0 Å². The van der Waals surface area contributed by atoms with Gasteiger partial charge in [0, 0.05) is 0 Å². The molecule has 0 radical (unpaired) electrons. The predicted octanol–water partition coefficient (Wildman–Crippen LogP) is 5.57. The summed E-state index contributed by atoms with van der Waals surface area (Å²) in [6.07, 6.45) is 9.04. The molecular weight excluding hydrogens is 218 g/mol. The molecule has 0 unspecified atom stereocenters. The summed E-state index contributed by atoms with van der Waals surface area (Å²) >= 11 is 0. The number of nitrogens with zero attached hydrogens (tertiary/aromatic N) is 1. The molecule has 1 nitrogen and oxygen atoms in total. The summed E-state index contributed by atoms with van der Waals surface area (Å²) in [4.78, 5) is 0. The molecule has 0 rings (SSSR count). The second-order valence-corrected chi connectivity index (χ2v) is 5.85. The molecule has 0 aromatic heterocycles. The predicted molar refractivity (Wildman–Crippen MR) is 80.2 cm³/mol. The highest BCUT2D eigenvalue weighted by Crippen LogP contribution is 2.33. The minimum Gasteiger partial charge on any atom is -0.198 e. The molecule has 0 heterocycles. The number of hydrogen-bond acceptors (Lipinski definition) is 1. The van der Waals surface area contributed by atoms with Gasteiger partial charge in [-0.3, -0.25) is 0 Å². The van der Waals surface area contributed by atoms with Crippen molar-refractivity contribution in [1.82, 2.24) is 0 Å². The van der Waals surface area contributed by atoms with Crippen LogP contribution in [0.2, 0.25) is 0 Å². The molecule has 0 amide bonds. The molecule has 0 saturated carbocycles. The van der Waals surface area contributed by atoms with E-state index in [-0.39, 0.29) is 5.41 Å². The van der Waals surface area contributed by atoms with E-state index in [4.69, 9.17) is 0 Å². The smallest absolute Gasteiger partial charge is 0.0699 e. The monoisotopic (exact) mass is 245 g/mol. The minimum atomic E-state index is -0.286. The first-order valence-corrected chi connectivity index (χ1v) is 6.63. The maximum atomic E-state index is 9.58. The van der Waals surface area contributed by atoms with E-state index in [0.29, 0.717) is 0 Å². The zero-order valence-electron chi connectivity index (χ0n) is 12.8. The van der Waals surface area contributed by atoms with Crippen molar-refractivity contribution in [2.75, 3.05) is 0 Å². The van der Waals surface area contributed by atoms with Crippen LogP contribution in [0.5, 0.6) is 0 Å². The summed E-state index contributed by atoms with van der Waals surface area (Å²) in [5.41, 5.74) is 3.56. The summed E-state index contributed by atoms with van der Waals surface area (Å²) in [7, 11) is 0. The lowest BCUT2D eigenvalue weighted by Gasteiger charge is -2.23. The van der Waals surface area contributed by atoms with Crippen LogP contribution in [0, 0.1) is 16.7 Å². The average Bonchev–Trinajstić information content (AvgIpc) is 2.28. The molecule has 0 bridgehead atoms. The first kappa shape index (κ1) is 16.7. The number of rotatable bonds is 6. The molecule has 0 aliphatic carbocycles. The van der Waals surface area contributed by atoms with E-state index >= 15 is 0 Å². The van der Waals surface area contributed by atoms with Crippen LogP contribution in [-0.2, 0) is 0 Å². The third kappa shape index (κ3) is 7.12. The van der Waals surface area contributed by atoms with Gasteiger partial charge in [0.25, 0.3) is 0 Å². The second-order valence-electron chi connectivity index (χ2n) is 5.85. The SMILES string of the molecule is CC(C)=CCC(C#N)(CC=C(C)C)CC=C(C)C. The maximum absolute atomic E-state index is 9.58. The Kier molecular flexibility index (Phi) is 7.36. The fourth-order valence-corrected chi connectivity index (χ4v) is 1.59. The van der Waals surface area contributed by atoms with Crippen LogP contribution >= 0.6 is 0 Å². The summed E-state index contributed by atoms with van der Waals surface area (Å²) < 4.78 is 0. The Balaban J connectivity index is 5.07. The fourth-order valence-electron chi connectivity index (χ4n) is 1.59. The zero-order chi connectivity index (χ0) is 14.2. The van der Waals surface area contributed by atoms with E-state index < -0.39 is 0 Å². The Morgan fingerprint density at radius 1 is 0.778 bits per heavy atom. The van der Waals surface area contributed by atoms with Crippen LogP contribution in [0.25, 0.3) is 0 Å². The molecule has 0 spiro atoms. The van der Waals surface area contributed by atoms with Crippen LogP contribution in [0.3, 0.4) is 0 Å². The van der Waals surface area contributed by atoms with Crippen LogP contribution in [-0.4, -0.2) is 0 Å². The first-order valence-electron chi connectivity index (χ1n) is 6.63. The lowest BCUT2D eigenvalue weighted by Crippen LogP contribution is -2.16. The fraction of sp³-hybridized carbons (Fsp3) is 0.588. The van der Waals surface area contributed by atoms with Crippen molar-refractivity contribution in [1.29, 1.82) is 5.26 Å². The standard InChI is InChI=1S/C17H27N/c1-14(2)7-10-17(13-18,11-8-15(3)4)12-9-16(5)6/h7-9H,10-12H2,1-6H3. The van der Waals surface area contributed by atoms with Gasteiger partial charge in [0.15, 0.2) is 0 Å². The number of hydrogen-bond donors (Lipinski definition) is 0. The van der Waals surface area contributed by atoms with Crippen LogP contribution in [0.4, 0.5) is 0 Å². The van der Waals surface area contributed by atoms with Crippen molar-refractivity contribution in [3.8, 4) is 6.07 Å². The maximum Gasteiger partial charge on any atom is 0.0699 e. The highest BCUT2D eigenvalue weighted by atomic mass is 14.4. The molecule has 1 heteroatoms. The molecule has 0 atom stereocenters. The van der Waals surface area contributed by atoms with Gasteiger partial charge in [-0.05, 0) is 60.8 Å².